The number of hydrogen-bond acceptors (Lipinski definition) is 4. The number of fused-ring (bicyclic) bond motifs is 1. The number of imidazole rings is 1. The number of piperidine rings is 1. The molecule has 3 rings (SSSR count). The zero-order chi connectivity index (χ0) is 12.4. The lowest BCUT2D eigenvalue weighted by Crippen LogP contribution is -2.34. The third-order valence-corrected chi connectivity index (χ3v) is 3.87. The molecule has 5 nitrogen and oxygen atoms in total. The standard InChI is InChI=1S/C13H19N5/c1-9(10-3-2-4-14-6-10)5-12-17-11-7-15-8-16-13(11)18-12/h7-10,14H,2-6H2,1H3,(H,15,16,17,18). The highest BCUT2D eigenvalue weighted by atomic mass is 15.0. The fourth-order valence-electron chi connectivity index (χ4n) is 2.74. The van der Waals surface area contributed by atoms with Crippen molar-refractivity contribution in [3.8, 4) is 0 Å². The van der Waals surface area contributed by atoms with Crippen molar-refractivity contribution >= 4 is 11.2 Å². The molecule has 1 fully saturated rings. The fourth-order valence-corrected chi connectivity index (χ4v) is 2.74. The van der Waals surface area contributed by atoms with Crippen molar-refractivity contribution in [3.63, 3.8) is 0 Å². The molecular formula is C13H19N5. The molecule has 2 aromatic rings. The molecule has 5 heteroatoms. The molecule has 0 saturated carbocycles. The fraction of sp³-hybridized carbons (Fsp3) is 0.615. The van der Waals surface area contributed by atoms with E-state index < -0.39 is 0 Å². The van der Waals surface area contributed by atoms with E-state index in [1.807, 2.05) is 0 Å². The number of hydrogen-bond donors (Lipinski definition) is 2. The highest BCUT2D eigenvalue weighted by molar-refractivity contribution is 5.68. The van der Waals surface area contributed by atoms with Gasteiger partial charge in [0.25, 0.3) is 0 Å². The van der Waals surface area contributed by atoms with Gasteiger partial charge in [-0.05, 0) is 37.8 Å². The van der Waals surface area contributed by atoms with Crippen molar-refractivity contribution in [2.45, 2.75) is 26.2 Å². The van der Waals surface area contributed by atoms with Gasteiger partial charge >= 0.3 is 0 Å². The molecule has 2 N–H and O–H groups in total. The summed E-state index contributed by atoms with van der Waals surface area (Å²) in [6.07, 6.45) is 6.94. The summed E-state index contributed by atoms with van der Waals surface area (Å²) in [5.41, 5.74) is 1.70. The van der Waals surface area contributed by atoms with Gasteiger partial charge in [0.1, 0.15) is 17.7 Å². The largest absolute Gasteiger partial charge is 0.339 e. The van der Waals surface area contributed by atoms with Crippen LogP contribution in [-0.2, 0) is 6.42 Å². The molecule has 3 heterocycles. The van der Waals surface area contributed by atoms with Crippen LogP contribution in [0.5, 0.6) is 0 Å². The first-order valence-electron chi connectivity index (χ1n) is 6.68. The summed E-state index contributed by atoms with van der Waals surface area (Å²) in [7, 11) is 0. The Bertz CT molecular complexity index is 482. The van der Waals surface area contributed by atoms with Gasteiger partial charge in [-0.15, -0.1) is 0 Å². The van der Waals surface area contributed by atoms with E-state index in [4.69, 9.17) is 0 Å². The first kappa shape index (κ1) is 11.6. The van der Waals surface area contributed by atoms with Gasteiger partial charge in [0, 0.05) is 6.42 Å². The second-order valence-corrected chi connectivity index (χ2v) is 5.23. The summed E-state index contributed by atoms with van der Waals surface area (Å²) in [5.74, 6) is 2.44. The van der Waals surface area contributed by atoms with Crippen molar-refractivity contribution in [1.82, 2.24) is 25.3 Å². The number of H-pyrrole nitrogens is 1. The third-order valence-electron chi connectivity index (χ3n) is 3.87. The molecule has 0 aliphatic carbocycles. The summed E-state index contributed by atoms with van der Waals surface area (Å²) in [6.45, 7) is 4.63. The number of rotatable bonds is 3. The first-order valence-corrected chi connectivity index (χ1v) is 6.68. The van der Waals surface area contributed by atoms with Crippen molar-refractivity contribution in [1.29, 1.82) is 0 Å². The van der Waals surface area contributed by atoms with Gasteiger partial charge in [-0.3, -0.25) is 0 Å². The predicted octanol–water partition coefficient (Wildman–Crippen LogP) is 1.53. The van der Waals surface area contributed by atoms with E-state index in [0.29, 0.717) is 5.92 Å². The smallest absolute Gasteiger partial charge is 0.180 e. The van der Waals surface area contributed by atoms with Crippen LogP contribution in [0.4, 0.5) is 0 Å². The van der Waals surface area contributed by atoms with Crippen molar-refractivity contribution in [3.05, 3.63) is 18.3 Å². The molecule has 1 saturated heterocycles. The average Bonchev–Trinajstić information content (AvgIpc) is 2.82. The van der Waals surface area contributed by atoms with E-state index in [1.165, 1.54) is 19.4 Å². The lowest BCUT2D eigenvalue weighted by molar-refractivity contribution is 0.276. The number of nitrogens with one attached hydrogen (secondary N) is 2. The molecule has 0 bridgehead atoms. The minimum Gasteiger partial charge on any atom is -0.339 e. The van der Waals surface area contributed by atoms with Crippen LogP contribution in [0.3, 0.4) is 0 Å². The Balaban J connectivity index is 1.71. The Hall–Kier alpha value is -1.49. The molecule has 0 aromatic carbocycles. The predicted molar refractivity (Wildman–Crippen MR) is 70.1 cm³/mol. The van der Waals surface area contributed by atoms with Gasteiger partial charge in [0.15, 0.2) is 5.65 Å². The Morgan fingerprint density at radius 1 is 1.50 bits per heavy atom. The van der Waals surface area contributed by atoms with Crippen LogP contribution in [0.2, 0.25) is 0 Å². The zero-order valence-electron chi connectivity index (χ0n) is 10.7. The Labute approximate surface area is 106 Å². The second kappa shape index (κ2) is 5.02. The van der Waals surface area contributed by atoms with E-state index in [2.05, 4.69) is 32.2 Å². The molecule has 18 heavy (non-hydrogen) atoms. The summed E-state index contributed by atoms with van der Waals surface area (Å²) < 4.78 is 0. The molecule has 0 spiro atoms. The second-order valence-electron chi connectivity index (χ2n) is 5.23. The zero-order valence-corrected chi connectivity index (χ0v) is 10.7. The van der Waals surface area contributed by atoms with Crippen LogP contribution in [0.15, 0.2) is 12.5 Å². The number of aromatic nitrogens is 4. The molecule has 96 valence electrons. The molecule has 2 aromatic heterocycles. The number of aromatic amines is 1. The van der Waals surface area contributed by atoms with Crippen molar-refractivity contribution in [2.24, 2.45) is 11.8 Å². The van der Waals surface area contributed by atoms with Crippen LogP contribution in [-0.4, -0.2) is 33.0 Å². The minimum atomic E-state index is 0.645. The Morgan fingerprint density at radius 3 is 3.22 bits per heavy atom. The summed E-state index contributed by atoms with van der Waals surface area (Å²) >= 11 is 0. The van der Waals surface area contributed by atoms with Gasteiger partial charge in [-0.1, -0.05) is 6.92 Å². The summed E-state index contributed by atoms with van der Waals surface area (Å²) in [4.78, 5) is 16.0. The molecule has 1 aliphatic heterocycles. The van der Waals surface area contributed by atoms with Gasteiger partial charge in [0.05, 0.1) is 6.20 Å². The van der Waals surface area contributed by atoms with E-state index >= 15 is 0 Å². The van der Waals surface area contributed by atoms with Crippen molar-refractivity contribution < 1.29 is 0 Å². The van der Waals surface area contributed by atoms with Gasteiger partial charge < -0.3 is 10.3 Å². The minimum absolute atomic E-state index is 0.645. The SMILES string of the molecule is CC(Cc1nc2ncncc2[nH]1)C1CCCNC1. The van der Waals surface area contributed by atoms with Crippen LogP contribution in [0, 0.1) is 11.8 Å². The van der Waals surface area contributed by atoms with Gasteiger partial charge in [0.2, 0.25) is 0 Å². The Kier molecular flexibility index (Phi) is 3.23. The van der Waals surface area contributed by atoms with Crippen LogP contribution in [0.1, 0.15) is 25.6 Å². The van der Waals surface area contributed by atoms with Crippen LogP contribution < -0.4 is 5.32 Å². The molecule has 0 amide bonds. The maximum Gasteiger partial charge on any atom is 0.180 e. The molecule has 1 aliphatic rings. The molecule has 0 radical (unpaired) electrons. The van der Waals surface area contributed by atoms with E-state index in [9.17, 15) is 0 Å². The normalized spacial score (nSPS) is 22.2. The van der Waals surface area contributed by atoms with Gasteiger partial charge in [-0.2, -0.15) is 0 Å². The van der Waals surface area contributed by atoms with Crippen LogP contribution >= 0.6 is 0 Å². The molecule has 2 unspecified atom stereocenters. The summed E-state index contributed by atoms with van der Waals surface area (Å²) in [6, 6.07) is 0. The first-order chi connectivity index (χ1) is 8.83. The topological polar surface area (TPSA) is 66.5 Å². The third kappa shape index (κ3) is 2.36. The van der Waals surface area contributed by atoms with E-state index in [0.717, 1.165) is 35.9 Å². The van der Waals surface area contributed by atoms with E-state index in [-0.39, 0.29) is 0 Å². The highest BCUT2D eigenvalue weighted by Crippen LogP contribution is 2.23. The summed E-state index contributed by atoms with van der Waals surface area (Å²) in [5, 5.41) is 3.48. The molecular weight excluding hydrogens is 226 g/mol. The number of nitrogens with zero attached hydrogens (tertiary/aromatic N) is 3. The maximum absolute atomic E-state index is 4.52. The van der Waals surface area contributed by atoms with Crippen molar-refractivity contribution in [2.75, 3.05) is 13.1 Å². The highest BCUT2D eigenvalue weighted by Gasteiger charge is 2.21. The Morgan fingerprint density at radius 2 is 2.44 bits per heavy atom. The lowest BCUT2D eigenvalue weighted by Gasteiger charge is -2.27. The monoisotopic (exact) mass is 245 g/mol. The van der Waals surface area contributed by atoms with E-state index in [1.54, 1.807) is 12.5 Å². The van der Waals surface area contributed by atoms with Gasteiger partial charge in [-0.25, -0.2) is 15.0 Å². The maximum atomic E-state index is 4.52. The molecule has 2 atom stereocenters. The lowest BCUT2D eigenvalue weighted by atomic mass is 9.85. The average molecular weight is 245 g/mol. The quantitative estimate of drug-likeness (QED) is 0.860. The van der Waals surface area contributed by atoms with Crippen LogP contribution in [0.25, 0.3) is 11.2 Å².